The molecule has 0 aromatic carbocycles. The number of aryl methyl sites for hydroxylation is 3. The molecule has 6 nitrogen and oxygen atoms in total. The highest BCUT2D eigenvalue weighted by atomic mass is 16.2. The van der Waals surface area contributed by atoms with Gasteiger partial charge < -0.3 is 11.1 Å². The second-order valence-electron chi connectivity index (χ2n) is 5.88. The van der Waals surface area contributed by atoms with E-state index in [0.717, 1.165) is 24.4 Å². The molecule has 6 heteroatoms. The Hall–Kier alpha value is -2.11. The van der Waals surface area contributed by atoms with E-state index >= 15 is 0 Å². The van der Waals surface area contributed by atoms with Gasteiger partial charge in [0.2, 0.25) is 11.8 Å². The van der Waals surface area contributed by atoms with Crippen molar-refractivity contribution in [1.82, 2.24) is 15.1 Å². The molecule has 3 N–H and O–H groups in total. The largest absolute Gasteiger partial charge is 0.369 e. The Bertz CT molecular complexity index is 577. The number of nitrogens with two attached hydrogens (primary N) is 1. The number of aromatic nitrogens is 2. The van der Waals surface area contributed by atoms with Crippen molar-refractivity contribution in [1.29, 1.82) is 0 Å². The quantitative estimate of drug-likeness (QED) is 0.774. The van der Waals surface area contributed by atoms with E-state index in [0.29, 0.717) is 19.3 Å². The van der Waals surface area contributed by atoms with Gasteiger partial charge in [-0.1, -0.05) is 12.2 Å². The van der Waals surface area contributed by atoms with Crippen LogP contribution in [0.1, 0.15) is 37.1 Å². The number of carbonyl (C=O) groups is 2. The van der Waals surface area contributed by atoms with E-state index in [1.54, 1.807) is 0 Å². The van der Waals surface area contributed by atoms with Crippen molar-refractivity contribution >= 4 is 11.8 Å². The molecule has 0 aliphatic heterocycles. The van der Waals surface area contributed by atoms with Gasteiger partial charge in [0.25, 0.3) is 0 Å². The van der Waals surface area contributed by atoms with E-state index in [-0.39, 0.29) is 23.8 Å². The van der Waals surface area contributed by atoms with Crippen LogP contribution < -0.4 is 11.1 Å². The van der Waals surface area contributed by atoms with Gasteiger partial charge in [0.15, 0.2) is 0 Å². The molecule has 2 rings (SSSR count). The predicted molar refractivity (Wildman–Crippen MR) is 83.9 cm³/mol. The SMILES string of the molecule is Cc1cc(C)n(CCCC(=O)N[C@@H]2CC=CC[C@H]2C(N)=O)n1. The van der Waals surface area contributed by atoms with Gasteiger partial charge >= 0.3 is 0 Å². The maximum Gasteiger partial charge on any atom is 0.222 e. The summed E-state index contributed by atoms with van der Waals surface area (Å²) in [7, 11) is 0. The van der Waals surface area contributed by atoms with Crippen LogP contribution in [0.4, 0.5) is 0 Å². The lowest BCUT2D eigenvalue weighted by Gasteiger charge is -2.26. The van der Waals surface area contributed by atoms with Gasteiger partial charge in [-0.2, -0.15) is 5.10 Å². The zero-order chi connectivity index (χ0) is 16.1. The number of nitrogens with one attached hydrogen (secondary N) is 1. The summed E-state index contributed by atoms with van der Waals surface area (Å²) in [6.07, 6.45) is 6.34. The zero-order valence-corrected chi connectivity index (χ0v) is 13.2. The molecule has 1 aliphatic carbocycles. The summed E-state index contributed by atoms with van der Waals surface area (Å²) in [4.78, 5) is 23.5. The van der Waals surface area contributed by atoms with Gasteiger partial charge in [0.1, 0.15) is 0 Å². The molecule has 22 heavy (non-hydrogen) atoms. The maximum atomic E-state index is 12.0. The molecule has 2 atom stereocenters. The van der Waals surface area contributed by atoms with Crippen molar-refractivity contribution in [2.45, 2.75) is 52.1 Å². The van der Waals surface area contributed by atoms with E-state index in [1.165, 1.54) is 0 Å². The Balaban J connectivity index is 1.79. The molecule has 1 heterocycles. The highest BCUT2D eigenvalue weighted by molar-refractivity contribution is 5.80. The van der Waals surface area contributed by atoms with Gasteiger partial charge in [0.05, 0.1) is 11.6 Å². The zero-order valence-electron chi connectivity index (χ0n) is 13.2. The number of rotatable bonds is 6. The molecular formula is C16H24N4O2. The van der Waals surface area contributed by atoms with Crippen LogP contribution >= 0.6 is 0 Å². The predicted octanol–water partition coefficient (Wildman–Crippen LogP) is 1.22. The molecule has 0 spiro atoms. The summed E-state index contributed by atoms with van der Waals surface area (Å²) >= 11 is 0. The van der Waals surface area contributed by atoms with Crippen LogP contribution in [0.3, 0.4) is 0 Å². The number of primary amides is 1. The third kappa shape index (κ3) is 4.19. The van der Waals surface area contributed by atoms with Gasteiger partial charge in [0, 0.05) is 24.7 Å². The molecule has 0 radical (unpaired) electrons. The summed E-state index contributed by atoms with van der Waals surface area (Å²) < 4.78 is 1.91. The van der Waals surface area contributed by atoms with Gasteiger partial charge in [-0.3, -0.25) is 14.3 Å². The molecule has 1 aromatic heterocycles. The van der Waals surface area contributed by atoms with Crippen LogP contribution in [0.15, 0.2) is 18.2 Å². The van der Waals surface area contributed by atoms with Crippen molar-refractivity contribution in [3.63, 3.8) is 0 Å². The summed E-state index contributed by atoms with van der Waals surface area (Å²) in [6.45, 7) is 4.68. The first-order valence-corrected chi connectivity index (χ1v) is 7.72. The molecule has 1 aliphatic rings. The number of allylic oxidation sites excluding steroid dienone is 1. The monoisotopic (exact) mass is 304 g/mol. The van der Waals surface area contributed by atoms with Crippen molar-refractivity contribution in [3.05, 3.63) is 29.6 Å². The topological polar surface area (TPSA) is 90.0 Å². The molecule has 1 aromatic rings. The lowest BCUT2D eigenvalue weighted by atomic mass is 9.88. The Morgan fingerprint density at radius 3 is 2.73 bits per heavy atom. The number of amides is 2. The fourth-order valence-corrected chi connectivity index (χ4v) is 2.86. The normalized spacial score (nSPS) is 20.8. The van der Waals surface area contributed by atoms with E-state index in [2.05, 4.69) is 10.4 Å². The third-order valence-corrected chi connectivity index (χ3v) is 4.02. The molecule has 120 valence electrons. The lowest BCUT2D eigenvalue weighted by Crippen LogP contribution is -2.46. The maximum absolute atomic E-state index is 12.0. The average Bonchev–Trinajstić information content (AvgIpc) is 2.77. The third-order valence-electron chi connectivity index (χ3n) is 4.02. The summed E-state index contributed by atoms with van der Waals surface area (Å²) in [6, 6.07) is 1.84. The Morgan fingerprint density at radius 2 is 2.09 bits per heavy atom. The number of hydrogen-bond acceptors (Lipinski definition) is 3. The number of hydrogen-bond donors (Lipinski definition) is 2. The molecule has 0 saturated heterocycles. The first-order valence-electron chi connectivity index (χ1n) is 7.72. The number of carbonyl (C=O) groups excluding carboxylic acids is 2. The van der Waals surface area contributed by atoms with Crippen LogP contribution in [-0.4, -0.2) is 27.6 Å². The van der Waals surface area contributed by atoms with Crippen LogP contribution in [-0.2, 0) is 16.1 Å². The van der Waals surface area contributed by atoms with Crippen molar-refractivity contribution in [2.75, 3.05) is 0 Å². The standard InChI is InChI=1S/C16H24N4O2/c1-11-10-12(2)20(19-11)9-5-8-15(21)18-14-7-4-3-6-13(14)16(17)22/h3-4,10,13-14H,5-9H2,1-2H3,(H2,17,22)(H,18,21)/t13-,14-/m1/s1. The highest BCUT2D eigenvalue weighted by Crippen LogP contribution is 2.19. The Morgan fingerprint density at radius 1 is 1.36 bits per heavy atom. The van der Waals surface area contributed by atoms with Crippen LogP contribution in [0.2, 0.25) is 0 Å². The van der Waals surface area contributed by atoms with Crippen molar-refractivity contribution < 1.29 is 9.59 Å². The molecular weight excluding hydrogens is 280 g/mol. The van der Waals surface area contributed by atoms with E-state index in [4.69, 9.17) is 5.73 Å². The highest BCUT2D eigenvalue weighted by Gasteiger charge is 2.28. The second-order valence-corrected chi connectivity index (χ2v) is 5.88. The van der Waals surface area contributed by atoms with Gasteiger partial charge in [-0.05, 0) is 39.2 Å². The Kier molecular flexibility index (Phi) is 5.35. The van der Waals surface area contributed by atoms with Crippen molar-refractivity contribution in [2.24, 2.45) is 11.7 Å². The van der Waals surface area contributed by atoms with Gasteiger partial charge in [-0.25, -0.2) is 0 Å². The molecule has 0 saturated carbocycles. The van der Waals surface area contributed by atoms with Crippen LogP contribution in [0.5, 0.6) is 0 Å². The summed E-state index contributed by atoms with van der Waals surface area (Å²) in [5.74, 6) is -0.685. The summed E-state index contributed by atoms with van der Waals surface area (Å²) in [5, 5.41) is 7.31. The minimum Gasteiger partial charge on any atom is -0.369 e. The smallest absolute Gasteiger partial charge is 0.222 e. The fraction of sp³-hybridized carbons (Fsp3) is 0.562. The molecule has 0 fully saturated rings. The fourth-order valence-electron chi connectivity index (χ4n) is 2.86. The minimum atomic E-state index is -0.350. The van der Waals surface area contributed by atoms with Crippen LogP contribution in [0, 0.1) is 19.8 Å². The van der Waals surface area contributed by atoms with Crippen LogP contribution in [0.25, 0.3) is 0 Å². The van der Waals surface area contributed by atoms with E-state index in [1.807, 2.05) is 36.7 Å². The van der Waals surface area contributed by atoms with E-state index in [9.17, 15) is 9.59 Å². The molecule has 0 bridgehead atoms. The Labute approximate surface area is 130 Å². The molecule has 2 amide bonds. The number of nitrogens with zero attached hydrogens (tertiary/aromatic N) is 2. The second kappa shape index (κ2) is 7.24. The van der Waals surface area contributed by atoms with E-state index < -0.39 is 0 Å². The minimum absolute atomic E-state index is 0.0342. The van der Waals surface area contributed by atoms with Gasteiger partial charge in [-0.15, -0.1) is 0 Å². The summed E-state index contributed by atoms with van der Waals surface area (Å²) in [5.41, 5.74) is 7.48. The lowest BCUT2D eigenvalue weighted by molar-refractivity contribution is -0.125. The first-order chi connectivity index (χ1) is 10.5. The first kappa shape index (κ1) is 16.3. The molecule has 0 unspecified atom stereocenters. The average molecular weight is 304 g/mol. The van der Waals surface area contributed by atoms with Crippen molar-refractivity contribution in [3.8, 4) is 0 Å².